The van der Waals surface area contributed by atoms with Crippen molar-refractivity contribution in [2.24, 2.45) is 0 Å². The maximum absolute atomic E-state index is 12.2. The molecule has 0 spiro atoms. The molecule has 1 heterocycles. The summed E-state index contributed by atoms with van der Waals surface area (Å²) in [5.74, 6) is 0.100. The number of aryl methyl sites for hydroxylation is 1. The van der Waals surface area contributed by atoms with E-state index in [1.54, 1.807) is 13.0 Å². The standard InChI is InChI=1S/C8H8ClF2N/c1-5-2-6(3-9)7(4-12-5)8(10)11/h2,4,8H,3H2,1H3. The molecule has 0 amide bonds. The monoisotopic (exact) mass is 191 g/mol. The molecule has 0 aliphatic heterocycles. The molecule has 1 rings (SSSR count). The second-order valence-corrected chi connectivity index (χ2v) is 2.73. The predicted molar refractivity (Wildman–Crippen MR) is 43.5 cm³/mol. The summed E-state index contributed by atoms with van der Waals surface area (Å²) in [7, 11) is 0. The molecule has 0 radical (unpaired) electrons. The molecule has 0 saturated carbocycles. The van der Waals surface area contributed by atoms with Gasteiger partial charge in [0.15, 0.2) is 0 Å². The molecule has 4 heteroatoms. The van der Waals surface area contributed by atoms with E-state index in [1.165, 1.54) is 6.20 Å². The third kappa shape index (κ3) is 1.91. The molecular formula is C8H8ClF2N. The molecule has 0 N–H and O–H groups in total. The minimum absolute atomic E-state index is 0.0735. The maximum Gasteiger partial charge on any atom is 0.265 e. The van der Waals surface area contributed by atoms with Crippen molar-refractivity contribution in [3.63, 3.8) is 0 Å². The van der Waals surface area contributed by atoms with E-state index >= 15 is 0 Å². The molecule has 0 unspecified atom stereocenters. The van der Waals surface area contributed by atoms with Gasteiger partial charge in [-0.25, -0.2) is 8.78 Å². The molecule has 1 aromatic rings. The van der Waals surface area contributed by atoms with E-state index in [9.17, 15) is 8.78 Å². The number of pyridine rings is 1. The first-order valence-corrected chi connectivity index (χ1v) is 3.98. The van der Waals surface area contributed by atoms with Crippen LogP contribution < -0.4 is 0 Å². The number of rotatable bonds is 2. The zero-order valence-electron chi connectivity index (χ0n) is 6.52. The molecule has 0 aliphatic rings. The number of hydrogen-bond donors (Lipinski definition) is 0. The molecule has 12 heavy (non-hydrogen) atoms. The van der Waals surface area contributed by atoms with E-state index < -0.39 is 6.43 Å². The average Bonchev–Trinajstić information content (AvgIpc) is 2.03. The number of alkyl halides is 3. The van der Waals surface area contributed by atoms with Crippen molar-refractivity contribution in [1.29, 1.82) is 0 Å². The van der Waals surface area contributed by atoms with E-state index in [-0.39, 0.29) is 11.4 Å². The Labute approximate surface area is 74.4 Å². The number of nitrogens with zero attached hydrogens (tertiary/aromatic N) is 1. The Balaban J connectivity index is 3.11. The van der Waals surface area contributed by atoms with Gasteiger partial charge < -0.3 is 0 Å². The number of hydrogen-bond acceptors (Lipinski definition) is 1. The summed E-state index contributed by atoms with van der Waals surface area (Å²) in [4.78, 5) is 3.77. The third-order valence-corrected chi connectivity index (χ3v) is 1.83. The van der Waals surface area contributed by atoms with Crippen LogP contribution in [-0.4, -0.2) is 4.98 Å². The van der Waals surface area contributed by atoms with Crippen LogP contribution in [0.15, 0.2) is 12.3 Å². The van der Waals surface area contributed by atoms with Gasteiger partial charge in [0.25, 0.3) is 6.43 Å². The lowest BCUT2D eigenvalue weighted by molar-refractivity contribution is 0.150. The average molecular weight is 192 g/mol. The fraction of sp³-hybridized carbons (Fsp3) is 0.375. The minimum Gasteiger partial charge on any atom is -0.261 e. The van der Waals surface area contributed by atoms with Gasteiger partial charge in [-0.15, -0.1) is 11.6 Å². The molecule has 0 aromatic carbocycles. The highest BCUT2D eigenvalue weighted by molar-refractivity contribution is 6.17. The van der Waals surface area contributed by atoms with E-state index in [4.69, 9.17) is 11.6 Å². The first-order chi connectivity index (χ1) is 5.65. The largest absolute Gasteiger partial charge is 0.265 e. The van der Waals surface area contributed by atoms with Crippen molar-refractivity contribution in [2.75, 3.05) is 0 Å². The lowest BCUT2D eigenvalue weighted by Crippen LogP contribution is -1.95. The summed E-state index contributed by atoms with van der Waals surface area (Å²) in [6.07, 6.45) is -1.32. The van der Waals surface area contributed by atoms with Crippen LogP contribution in [-0.2, 0) is 5.88 Å². The van der Waals surface area contributed by atoms with Crippen LogP contribution in [0.5, 0.6) is 0 Å². The van der Waals surface area contributed by atoms with Gasteiger partial charge in [-0.05, 0) is 18.6 Å². The zero-order valence-corrected chi connectivity index (χ0v) is 7.28. The number of aromatic nitrogens is 1. The van der Waals surface area contributed by atoms with Gasteiger partial charge in [0.1, 0.15) is 0 Å². The van der Waals surface area contributed by atoms with E-state index in [1.807, 2.05) is 0 Å². The van der Waals surface area contributed by atoms with E-state index in [0.29, 0.717) is 11.3 Å². The fourth-order valence-corrected chi connectivity index (χ4v) is 1.17. The van der Waals surface area contributed by atoms with Crippen LogP contribution >= 0.6 is 11.6 Å². The molecule has 0 aliphatic carbocycles. The molecule has 0 bridgehead atoms. The van der Waals surface area contributed by atoms with Crippen molar-refractivity contribution in [2.45, 2.75) is 19.2 Å². The van der Waals surface area contributed by atoms with Crippen molar-refractivity contribution < 1.29 is 8.78 Å². The lowest BCUT2D eigenvalue weighted by Gasteiger charge is -2.05. The van der Waals surface area contributed by atoms with Gasteiger partial charge in [-0.2, -0.15) is 0 Å². The summed E-state index contributed by atoms with van der Waals surface area (Å²) in [6.45, 7) is 1.74. The fourth-order valence-electron chi connectivity index (χ4n) is 0.939. The zero-order chi connectivity index (χ0) is 9.14. The normalized spacial score (nSPS) is 10.8. The topological polar surface area (TPSA) is 12.9 Å². The predicted octanol–water partition coefficient (Wildman–Crippen LogP) is 3.07. The van der Waals surface area contributed by atoms with Gasteiger partial charge in [-0.3, -0.25) is 4.98 Å². The van der Waals surface area contributed by atoms with Gasteiger partial charge >= 0.3 is 0 Å². The first-order valence-electron chi connectivity index (χ1n) is 3.44. The van der Waals surface area contributed by atoms with Crippen molar-refractivity contribution in [1.82, 2.24) is 4.98 Å². The van der Waals surface area contributed by atoms with Crippen LogP contribution in [0.2, 0.25) is 0 Å². The SMILES string of the molecule is Cc1cc(CCl)c(C(F)F)cn1. The molecule has 1 aromatic heterocycles. The Morgan fingerprint density at radius 2 is 2.25 bits per heavy atom. The quantitative estimate of drug-likeness (QED) is 0.655. The third-order valence-electron chi connectivity index (χ3n) is 1.54. The van der Waals surface area contributed by atoms with Crippen LogP contribution in [0, 0.1) is 6.92 Å². The minimum atomic E-state index is -2.49. The second kappa shape index (κ2) is 3.81. The Hall–Kier alpha value is -0.700. The van der Waals surface area contributed by atoms with Crippen LogP contribution in [0.4, 0.5) is 8.78 Å². The highest BCUT2D eigenvalue weighted by Gasteiger charge is 2.12. The van der Waals surface area contributed by atoms with Crippen molar-refractivity contribution in [3.05, 3.63) is 29.1 Å². The van der Waals surface area contributed by atoms with E-state index in [2.05, 4.69) is 4.98 Å². The Morgan fingerprint density at radius 3 is 2.75 bits per heavy atom. The summed E-state index contributed by atoms with van der Waals surface area (Å²) in [6, 6.07) is 1.58. The molecule has 1 nitrogen and oxygen atoms in total. The molecular weight excluding hydrogens is 184 g/mol. The molecule has 66 valence electrons. The van der Waals surface area contributed by atoms with Crippen LogP contribution in [0.25, 0.3) is 0 Å². The Kier molecular flexibility index (Phi) is 2.98. The van der Waals surface area contributed by atoms with Gasteiger partial charge in [-0.1, -0.05) is 0 Å². The highest BCUT2D eigenvalue weighted by Crippen LogP contribution is 2.23. The molecule has 0 saturated heterocycles. The molecule has 0 fully saturated rings. The summed E-state index contributed by atoms with van der Waals surface area (Å²) >= 11 is 5.49. The number of halogens is 3. The first kappa shape index (κ1) is 9.39. The van der Waals surface area contributed by atoms with Crippen LogP contribution in [0.3, 0.4) is 0 Å². The van der Waals surface area contributed by atoms with Gasteiger partial charge in [0.2, 0.25) is 0 Å². The van der Waals surface area contributed by atoms with Gasteiger partial charge in [0, 0.05) is 23.3 Å². The smallest absolute Gasteiger partial charge is 0.261 e. The summed E-state index contributed by atoms with van der Waals surface area (Å²) in [5.41, 5.74) is 1.09. The second-order valence-electron chi connectivity index (χ2n) is 2.46. The van der Waals surface area contributed by atoms with Gasteiger partial charge in [0.05, 0.1) is 0 Å². The van der Waals surface area contributed by atoms with Crippen molar-refractivity contribution >= 4 is 11.6 Å². The highest BCUT2D eigenvalue weighted by atomic mass is 35.5. The Morgan fingerprint density at radius 1 is 1.58 bits per heavy atom. The Bertz CT molecular complexity index is 276. The summed E-state index contributed by atoms with van der Waals surface area (Å²) < 4.78 is 24.5. The summed E-state index contributed by atoms with van der Waals surface area (Å²) in [5, 5.41) is 0. The maximum atomic E-state index is 12.2. The van der Waals surface area contributed by atoms with E-state index in [0.717, 1.165) is 0 Å². The van der Waals surface area contributed by atoms with Crippen LogP contribution in [0.1, 0.15) is 23.2 Å². The van der Waals surface area contributed by atoms with Crippen molar-refractivity contribution in [3.8, 4) is 0 Å². The molecule has 0 atom stereocenters. The lowest BCUT2D eigenvalue weighted by atomic mass is 10.1.